The van der Waals surface area contributed by atoms with E-state index in [1.54, 1.807) is 24.5 Å². The molecule has 9 nitrogen and oxygen atoms in total. The molecule has 35 heavy (non-hydrogen) atoms. The van der Waals surface area contributed by atoms with Crippen LogP contribution < -0.4 is 16.0 Å². The molecular formula is C26H29N7O2. The van der Waals surface area contributed by atoms with Gasteiger partial charge in [0.2, 0.25) is 5.91 Å². The Labute approximate surface area is 204 Å². The summed E-state index contributed by atoms with van der Waals surface area (Å²) in [6.45, 7) is 5.53. The molecule has 3 N–H and O–H groups in total. The molecule has 0 aliphatic heterocycles. The van der Waals surface area contributed by atoms with Crippen LogP contribution in [0.25, 0.3) is 22.3 Å². The van der Waals surface area contributed by atoms with Gasteiger partial charge >= 0.3 is 0 Å². The van der Waals surface area contributed by atoms with E-state index in [2.05, 4.69) is 25.9 Å². The average molecular weight is 472 g/mol. The smallest absolute Gasteiger partial charge is 0.255 e. The van der Waals surface area contributed by atoms with Gasteiger partial charge in [0.1, 0.15) is 17.3 Å². The average Bonchev–Trinajstić information content (AvgIpc) is 2.84. The molecule has 0 unspecified atom stereocenters. The fourth-order valence-corrected chi connectivity index (χ4v) is 4.42. The summed E-state index contributed by atoms with van der Waals surface area (Å²) < 4.78 is 0. The molecule has 3 heterocycles. The summed E-state index contributed by atoms with van der Waals surface area (Å²) in [5.41, 5.74) is 4.06. The first kappa shape index (κ1) is 24.1. The van der Waals surface area contributed by atoms with Gasteiger partial charge in [-0.25, -0.2) is 9.97 Å². The molecular weight excluding hydrogens is 442 g/mol. The van der Waals surface area contributed by atoms with E-state index in [1.165, 1.54) is 6.92 Å². The van der Waals surface area contributed by atoms with Gasteiger partial charge in [-0.2, -0.15) is 5.26 Å². The first-order valence-corrected chi connectivity index (χ1v) is 11.8. The third kappa shape index (κ3) is 5.72. The molecule has 1 aliphatic rings. The highest BCUT2D eigenvalue weighted by Crippen LogP contribution is 2.29. The van der Waals surface area contributed by atoms with Gasteiger partial charge in [-0.3, -0.25) is 14.6 Å². The second-order valence-corrected chi connectivity index (χ2v) is 9.17. The van der Waals surface area contributed by atoms with Crippen LogP contribution in [-0.4, -0.2) is 44.9 Å². The standard InChI is InChI=1S/C26H29N7O2/c1-15(2)30-24-21(26(35)32-19-6-4-18(5-7-19)31-16(3)34)14-29-23-9-8-22(33-25(23)24)17-10-11-28-20(12-17)13-27/h8-12,14-15,18-19H,4-7H2,1-3H3,(H,29,30)(H,31,34)(H,32,35). The maximum absolute atomic E-state index is 13.3. The SMILES string of the molecule is CC(=O)NC1CCC(NC(=O)c2cnc3ccc(-c4ccnc(C#N)c4)nc3c2NC(C)C)CC1. The fraction of sp³-hybridized carbons (Fsp3) is 0.385. The Kier molecular flexibility index (Phi) is 7.20. The van der Waals surface area contributed by atoms with E-state index >= 15 is 0 Å². The zero-order valence-electron chi connectivity index (χ0n) is 20.1. The maximum atomic E-state index is 13.3. The predicted molar refractivity (Wildman–Crippen MR) is 134 cm³/mol. The van der Waals surface area contributed by atoms with Crippen LogP contribution in [0.3, 0.4) is 0 Å². The molecule has 3 aromatic heterocycles. The lowest BCUT2D eigenvalue weighted by Crippen LogP contribution is -2.43. The van der Waals surface area contributed by atoms with E-state index in [0.29, 0.717) is 33.7 Å². The van der Waals surface area contributed by atoms with E-state index < -0.39 is 0 Å². The van der Waals surface area contributed by atoms with Crippen LogP contribution in [0.2, 0.25) is 0 Å². The number of nitrogens with zero attached hydrogens (tertiary/aromatic N) is 4. The fourth-order valence-electron chi connectivity index (χ4n) is 4.42. The van der Waals surface area contributed by atoms with E-state index in [1.807, 2.05) is 32.0 Å². The van der Waals surface area contributed by atoms with Crippen LogP contribution in [-0.2, 0) is 4.79 Å². The summed E-state index contributed by atoms with van der Waals surface area (Å²) in [6.07, 6.45) is 6.44. The second kappa shape index (κ2) is 10.5. The van der Waals surface area contributed by atoms with Crippen molar-refractivity contribution in [3.8, 4) is 17.3 Å². The zero-order chi connectivity index (χ0) is 24.9. The first-order valence-electron chi connectivity index (χ1n) is 11.8. The monoisotopic (exact) mass is 471 g/mol. The number of fused-ring (bicyclic) bond motifs is 1. The van der Waals surface area contributed by atoms with E-state index in [0.717, 1.165) is 31.2 Å². The Morgan fingerprint density at radius 2 is 1.77 bits per heavy atom. The van der Waals surface area contributed by atoms with Crippen LogP contribution in [0.1, 0.15) is 62.5 Å². The maximum Gasteiger partial charge on any atom is 0.255 e. The topological polar surface area (TPSA) is 133 Å². The van der Waals surface area contributed by atoms with E-state index in [-0.39, 0.29) is 29.9 Å². The Bertz CT molecular complexity index is 1290. The van der Waals surface area contributed by atoms with Crippen molar-refractivity contribution in [1.29, 1.82) is 5.26 Å². The predicted octanol–water partition coefficient (Wildman–Crippen LogP) is 3.56. The lowest BCUT2D eigenvalue weighted by atomic mass is 9.91. The van der Waals surface area contributed by atoms with Gasteiger partial charge in [0, 0.05) is 43.0 Å². The third-order valence-electron chi connectivity index (χ3n) is 6.03. The molecule has 0 spiro atoms. The summed E-state index contributed by atoms with van der Waals surface area (Å²) in [5.74, 6) is -0.222. The van der Waals surface area contributed by atoms with Gasteiger partial charge in [-0.15, -0.1) is 0 Å². The minimum atomic E-state index is -0.201. The Balaban J connectivity index is 1.63. The largest absolute Gasteiger partial charge is 0.380 e. The highest BCUT2D eigenvalue weighted by molar-refractivity contribution is 6.06. The van der Waals surface area contributed by atoms with Crippen LogP contribution in [0, 0.1) is 11.3 Å². The van der Waals surface area contributed by atoms with Crippen molar-refractivity contribution in [1.82, 2.24) is 25.6 Å². The Morgan fingerprint density at radius 1 is 1.06 bits per heavy atom. The number of hydrogen-bond donors (Lipinski definition) is 3. The first-order chi connectivity index (χ1) is 16.8. The molecule has 0 aromatic carbocycles. The van der Waals surface area contributed by atoms with Crippen molar-refractivity contribution in [2.75, 3.05) is 5.32 Å². The quantitative estimate of drug-likeness (QED) is 0.501. The highest BCUT2D eigenvalue weighted by Gasteiger charge is 2.25. The minimum absolute atomic E-state index is 0.0217. The van der Waals surface area contributed by atoms with Gasteiger partial charge in [0.15, 0.2) is 0 Å². The normalized spacial score (nSPS) is 17.6. The molecule has 180 valence electrons. The number of nitriles is 1. The second-order valence-electron chi connectivity index (χ2n) is 9.17. The van der Waals surface area contributed by atoms with Crippen LogP contribution in [0.5, 0.6) is 0 Å². The van der Waals surface area contributed by atoms with Crippen LogP contribution in [0.15, 0.2) is 36.7 Å². The summed E-state index contributed by atoms with van der Waals surface area (Å²) in [7, 11) is 0. The van der Waals surface area contributed by atoms with Gasteiger partial charge in [0.25, 0.3) is 5.91 Å². The van der Waals surface area contributed by atoms with Gasteiger partial charge in [-0.1, -0.05) is 0 Å². The Morgan fingerprint density at radius 3 is 2.43 bits per heavy atom. The third-order valence-corrected chi connectivity index (χ3v) is 6.03. The number of carbonyl (C=O) groups excluding carboxylic acids is 2. The number of carbonyl (C=O) groups is 2. The molecule has 1 fully saturated rings. The van der Waals surface area contributed by atoms with Crippen LogP contribution >= 0.6 is 0 Å². The summed E-state index contributed by atoms with van der Waals surface area (Å²) in [4.78, 5) is 38.0. The minimum Gasteiger partial charge on any atom is -0.380 e. The molecule has 0 radical (unpaired) electrons. The van der Waals surface area contributed by atoms with Crippen molar-refractivity contribution in [3.05, 3.63) is 47.9 Å². The molecule has 3 aromatic rings. The van der Waals surface area contributed by atoms with Crippen molar-refractivity contribution in [2.24, 2.45) is 0 Å². The lowest BCUT2D eigenvalue weighted by molar-refractivity contribution is -0.119. The number of aromatic nitrogens is 3. The van der Waals surface area contributed by atoms with Gasteiger partial charge in [-0.05, 0) is 63.8 Å². The summed E-state index contributed by atoms with van der Waals surface area (Å²) in [5, 5.41) is 18.7. The van der Waals surface area contributed by atoms with Crippen molar-refractivity contribution < 1.29 is 9.59 Å². The number of hydrogen-bond acceptors (Lipinski definition) is 7. The summed E-state index contributed by atoms with van der Waals surface area (Å²) >= 11 is 0. The molecule has 1 saturated carbocycles. The molecule has 0 saturated heterocycles. The van der Waals surface area contributed by atoms with Crippen molar-refractivity contribution in [2.45, 2.75) is 64.6 Å². The van der Waals surface area contributed by atoms with E-state index in [4.69, 9.17) is 4.98 Å². The molecule has 1 aliphatic carbocycles. The van der Waals surface area contributed by atoms with Crippen molar-refractivity contribution >= 4 is 28.5 Å². The Hall–Kier alpha value is -4.06. The zero-order valence-corrected chi connectivity index (χ0v) is 20.1. The molecule has 2 amide bonds. The number of nitrogens with one attached hydrogen (secondary N) is 3. The molecule has 4 rings (SSSR count). The summed E-state index contributed by atoms with van der Waals surface area (Å²) in [6, 6.07) is 9.51. The van der Waals surface area contributed by atoms with E-state index in [9.17, 15) is 14.9 Å². The molecule has 9 heteroatoms. The van der Waals surface area contributed by atoms with Crippen LogP contribution in [0.4, 0.5) is 5.69 Å². The number of rotatable bonds is 6. The number of pyridine rings is 3. The van der Waals surface area contributed by atoms with Gasteiger partial charge < -0.3 is 16.0 Å². The molecule has 0 atom stereocenters. The number of amides is 2. The lowest BCUT2D eigenvalue weighted by Gasteiger charge is -2.29. The highest BCUT2D eigenvalue weighted by atomic mass is 16.2. The van der Waals surface area contributed by atoms with Gasteiger partial charge in [0.05, 0.1) is 22.5 Å². The molecule has 0 bridgehead atoms. The van der Waals surface area contributed by atoms with Crippen molar-refractivity contribution in [3.63, 3.8) is 0 Å². The number of anilines is 1.